The second kappa shape index (κ2) is 5.57. The molecule has 0 radical (unpaired) electrons. The van der Waals surface area contributed by atoms with Gasteiger partial charge < -0.3 is 9.88 Å². The highest BCUT2D eigenvalue weighted by molar-refractivity contribution is 5.75. The number of para-hydroxylation sites is 2. The number of imidazole rings is 1. The van der Waals surface area contributed by atoms with E-state index in [-0.39, 0.29) is 0 Å². The van der Waals surface area contributed by atoms with Crippen molar-refractivity contribution in [2.75, 3.05) is 6.54 Å². The SMILES string of the molecule is CCNC(Cc1nc2ccccc2n1CC)C1CC1C. The van der Waals surface area contributed by atoms with Gasteiger partial charge in [0.15, 0.2) is 0 Å². The molecule has 3 unspecified atom stereocenters. The van der Waals surface area contributed by atoms with Crippen molar-refractivity contribution in [3.8, 4) is 0 Å². The topological polar surface area (TPSA) is 29.9 Å². The summed E-state index contributed by atoms with van der Waals surface area (Å²) in [6.45, 7) is 8.80. The van der Waals surface area contributed by atoms with Crippen LogP contribution < -0.4 is 5.32 Å². The molecule has 3 heteroatoms. The molecule has 108 valence electrons. The molecular formula is C17H25N3. The molecule has 1 aromatic carbocycles. The van der Waals surface area contributed by atoms with E-state index in [9.17, 15) is 0 Å². The van der Waals surface area contributed by atoms with Crippen LogP contribution in [0.15, 0.2) is 24.3 Å². The van der Waals surface area contributed by atoms with Crippen LogP contribution in [0.2, 0.25) is 0 Å². The first-order valence-corrected chi connectivity index (χ1v) is 7.92. The maximum Gasteiger partial charge on any atom is 0.111 e. The number of benzene rings is 1. The minimum atomic E-state index is 0.581. The highest BCUT2D eigenvalue weighted by Crippen LogP contribution is 2.41. The normalized spacial score (nSPS) is 23.1. The predicted octanol–water partition coefficient (Wildman–Crippen LogP) is 3.23. The molecule has 3 rings (SSSR count). The number of aryl methyl sites for hydroxylation is 1. The van der Waals surface area contributed by atoms with E-state index < -0.39 is 0 Å². The Morgan fingerprint density at radius 2 is 2.10 bits per heavy atom. The van der Waals surface area contributed by atoms with Crippen molar-refractivity contribution >= 4 is 11.0 Å². The first-order valence-electron chi connectivity index (χ1n) is 7.92. The molecule has 1 N–H and O–H groups in total. The molecule has 0 spiro atoms. The number of likely N-dealkylation sites (N-methyl/N-ethyl adjacent to an activating group) is 1. The smallest absolute Gasteiger partial charge is 0.111 e. The minimum absolute atomic E-state index is 0.581. The third-order valence-electron chi connectivity index (χ3n) is 4.61. The van der Waals surface area contributed by atoms with Gasteiger partial charge in [0.2, 0.25) is 0 Å². The fraction of sp³-hybridized carbons (Fsp3) is 0.588. The monoisotopic (exact) mass is 271 g/mol. The number of hydrogen-bond donors (Lipinski definition) is 1. The molecule has 0 bridgehead atoms. The van der Waals surface area contributed by atoms with Gasteiger partial charge in [-0.1, -0.05) is 26.0 Å². The Labute approximate surface area is 121 Å². The van der Waals surface area contributed by atoms with E-state index in [4.69, 9.17) is 4.98 Å². The van der Waals surface area contributed by atoms with Crippen LogP contribution in [-0.4, -0.2) is 22.1 Å². The summed E-state index contributed by atoms with van der Waals surface area (Å²) in [6.07, 6.45) is 2.41. The van der Waals surface area contributed by atoms with Gasteiger partial charge in [-0.3, -0.25) is 0 Å². The predicted molar refractivity (Wildman–Crippen MR) is 83.8 cm³/mol. The van der Waals surface area contributed by atoms with Gasteiger partial charge >= 0.3 is 0 Å². The van der Waals surface area contributed by atoms with Gasteiger partial charge in [-0.2, -0.15) is 0 Å². The summed E-state index contributed by atoms with van der Waals surface area (Å²) in [5, 5.41) is 3.67. The lowest BCUT2D eigenvalue weighted by atomic mass is 10.1. The Bertz CT molecular complexity index is 587. The Morgan fingerprint density at radius 1 is 1.35 bits per heavy atom. The van der Waals surface area contributed by atoms with Crippen molar-refractivity contribution in [2.24, 2.45) is 11.8 Å². The van der Waals surface area contributed by atoms with E-state index in [1.807, 2.05) is 0 Å². The summed E-state index contributed by atoms with van der Waals surface area (Å²) in [6, 6.07) is 9.05. The summed E-state index contributed by atoms with van der Waals surface area (Å²) >= 11 is 0. The number of rotatable bonds is 6. The summed E-state index contributed by atoms with van der Waals surface area (Å²) in [5.41, 5.74) is 2.40. The van der Waals surface area contributed by atoms with Crippen molar-refractivity contribution < 1.29 is 0 Å². The first-order chi connectivity index (χ1) is 9.74. The van der Waals surface area contributed by atoms with Gasteiger partial charge in [-0.15, -0.1) is 0 Å². The van der Waals surface area contributed by atoms with Crippen LogP contribution >= 0.6 is 0 Å². The molecule has 1 heterocycles. The third-order valence-corrected chi connectivity index (χ3v) is 4.61. The van der Waals surface area contributed by atoms with E-state index in [0.29, 0.717) is 6.04 Å². The fourth-order valence-corrected chi connectivity index (χ4v) is 3.38. The van der Waals surface area contributed by atoms with E-state index in [2.05, 4.69) is 54.9 Å². The van der Waals surface area contributed by atoms with Crippen molar-refractivity contribution in [1.82, 2.24) is 14.9 Å². The zero-order valence-electron chi connectivity index (χ0n) is 12.8. The number of hydrogen-bond acceptors (Lipinski definition) is 2. The standard InChI is InChI=1S/C17H25N3/c1-4-18-15(13-10-12(13)3)11-17-19-14-8-6-7-9-16(14)20(17)5-2/h6-9,12-13,15,18H,4-5,10-11H2,1-3H3. The molecule has 1 aliphatic rings. The van der Waals surface area contributed by atoms with E-state index in [1.54, 1.807) is 0 Å². The first kappa shape index (κ1) is 13.6. The third kappa shape index (κ3) is 2.47. The second-order valence-corrected chi connectivity index (χ2v) is 6.01. The Kier molecular flexibility index (Phi) is 3.79. The van der Waals surface area contributed by atoms with Gasteiger partial charge in [0.25, 0.3) is 0 Å². The van der Waals surface area contributed by atoms with E-state index in [0.717, 1.165) is 36.9 Å². The van der Waals surface area contributed by atoms with Crippen molar-refractivity contribution in [3.05, 3.63) is 30.1 Å². The van der Waals surface area contributed by atoms with Crippen LogP contribution in [0, 0.1) is 11.8 Å². The number of nitrogens with one attached hydrogen (secondary N) is 1. The highest BCUT2D eigenvalue weighted by Gasteiger charge is 2.39. The quantitative estimate of drug-likeness (QED) is 0.874. The van der Waals surface area contributed by atoms with Crippen LogP contribution in [0.5, 0.6) is 0 Å². The summed E-state index contributed by atoms with van der Waals surface area (Å²) in [4.78, 5) is 4.86. The van der Waals surface area contributed by atoms with Gasteiger partial charge in [0, 0.05) is 19.0 Å². The molecule has 1 aliphatic carbocycles. The molecule has 2 aromatic rings. The maximum atomic E-state index is 4.86. The van der Waals surface area contributed by atoms with E-state index >= 15 is 0 Å². The lowest BCUT2D eigenvalue weighted by molar-refractivity contribution is 0.440. The largest absolute Gasteiger partial charge is 0.328 e. The highest BCUT2D eigenvalue weighted by atomic mass is 15.1. The fourth-order valence-electron chi connectivity index (χ4n) is 3.38. The molecule has 3 atom stereocenters. The lowest BCUT2D eigenvalue weighted by Crippen LogP contribution is -2.34. The van der Waals surface area contributed by atoms with E-state index in [1.165, 1.54) is 17.8 Å². The van der Waals surface area contributed by atoms with Gasteiger partial charge in [0.1, 0.15) is 5.82 Å². The molecule has 0 amide bonds. The average molecular weight is 271 g/mol. The zero-order chi connectivity index (χ0) is 14.1. The van der Waals surface area contributed by atoms with Gasteiger partial charge in [-0.05, 0) is 43.9 Å². The van der Waals surface area contributed by atoms with Gasteiger partial charge in [-0.25, -0.2) is 4.98 Å². The van der Waals surface area contributed by atoms with Crippen LogP contribution in [0.25, 0.3) is 11.0 Å². The molecule has 0 saturated heterocycles. The molecule has 3 nitrogen and oxygen atoms in total. The number of nitrogens with zero attached hydrogens (tertiary/aromatic N) is 2. The van der Waals surface area contributed by atoms with Crippen LogP contribution in [0.1, 0.15) is 33.0 Å². The minimum Gasteiger partial charge on any atom is -0.328 e. The molecule has 0 aliphatic heterocycles. The van der Waals surface area contributed by atoms with Gasteiger partial charge in [0.05, 0.1) is 11.0 Å². The number of aromatic nitrogens is 2. The average Bonchev–Trinajstić information content (AvgIpc) is 3.07. The summed E-state index contributed by atoms with van der Waals surface area (Å²) in [7, 11) is 0. The summed E-state index contributed by atoms with van der Waals surface area (Å²) < 4.78 is 2.37. The molecule has 20 heavy (non-hydrogen) atoms. The molecule has 1 aromatic heterocycles. The van der Waals surface area contributed by atoms with Crippen molar-refractivity contribution in [1.29, 1.82) is 0 Å². The number of fused-ring (bicyclic) bond motifs is 1. The Morgan fingerprint density at radius 3 is 2.75 bits per heavy atom. The lowest BCUT2D eigenvalue weighted by Gasteiger charge is -2.18. The van der Waals surface area contributed by atoms with Crippen molar-refractivity contribution in [2.45, 2.75) is 46.2 Å². The maximum absolute atomic E-state index is 4.86. The molecule has 1 saturated carbocycles. The molecular weight excluding hydrogens is 246 g/mol. The molecule has 1 fully saturated rings. The second-order valence-electron chi connectivity index (χ2n) is 6.01. The summed E-state index contributed by atoms with van der Waals surface area (Å²) in [5.74, 6) is 2.94. The zero-order valence-corrected chi connectivity index (χ0v) is 12.8. The van der Waals surface area contributed by atoms with Crippen LogP contribution in [-0.2, 0) is 13.0 Å². The Hall–Kier alpha value is -1.35. The van der Waals surface area contributed by atoms with Crippen LogP contribution in [0.4, 0.5) is 0 Å². The Balaban J connectivity index is 1.88. The van der Waals surface area contributed by atoms with Crippen molar-refractivity contribution in [3.63, 3.8) is 0 Å². The van der Waals surface area contributed by atoms with Crippen LogP contribution in [0.3, 0.4) is 0 Å².